The van der Waals surface area contributed by atoms with Crippen molar-refractivity contribution >= 4 is 22.1 Å². The van der Waals surface area contributed by atoms with E-state index in [0.29, 0.717) is 0 Å². The van der Waals surface area contributed by atoms with Crippen molar-refractivity contribution < 1.29 is 44.0 Å². The molecule has 1 saturated heterocycles. The Hall–Kier alpha value is 1.22. The molecule has 1 heterocycles. The molecular formula is C6H14NNaO3S2. The van der Waals surface area contributed by atoms with Crippen LogP contribution in [0.4, 0.5) is 0 Å². The molecule has 7 heteroatoms. The van der Waals surface area contributed by atoms with E-state index in [1.54, 1.807) is 0 Å². The van der Waals surface area contributed by atoms with Gasteiger partial charge in [0.25, 0.3) is 0 Å². The molecule has 0 bridgehead atoms. The van der Waals surface area contributed by atoms with Gasteiger partial charge in [0.05, 0.1) is 0 Å². The van der Waals surface area contributed by atoms with Crippen molar-refractivity contribution in [1.29, 1.82) is 0 Å². The minimum Gasteiger partial charge on any atom is -1.00 e. The number of rotatable bonds is 2. The second kappa shape index (κ2) is 6.66. The molecule has 0 saturated carbocycles. The summed E-state index contributed by atoms with van der Waals surface area (Å²) < 4.78 is 31.6. The minimum absolute atomic E-state index is 0. The van der Waals surface area contributed by atoms with E-state index in [0.717, 1.165) is 30.8 Å². The first-order valence-corrected chi connectivity index (χ1v) is 6.50. The van der Waals surface area contributed by atoms with Crippen molar-refractivity contribution in [3.63, 3.8) is 0 Å². The molecule has 0 aliphatic carbocycles. The fraction of sp³-hybridized carbons (Fsp3) is 1.00. The maximum atomic E-state index is 10.4. The SMILES string of the molecule is O=S(=O)(O)NC1CCCSCC1.[H-].[Na+]. The Morgan fingerprint density at radius 2 is 2.08 bits per heavy atom. The molecule has 13 heavy (non-hydrogen) atoms. The first-order valence-electron chi connectivity index (χ1n) is 3.90. The van der Waals surface area contributed by atoms with Gasteiger partial charge in [0, 0.05) is 6.04 Å². The molecular weight excluding hydrogens is 221 g/mol. The maximum Gasteiger partial charge on any atom is 1.00 e. The van der Waals surface area contributed by atoms with Crippen molar-refractivity contribution in [2.75, 3.05) is 11.5 Å². The fourth-order valence-corrected chi connectivity index (χ4v) is 2.92. The predicted molar refractivity (Wildman–Crippen MR) is 50.8 cm³/mol. The normalized spacial score (nSPS) is 24.5. The Morgan fingerprint density at radius 3 is 2.69 bits per heavy atom. The molecule has 74 valence electrons. The summed E-state index contributed by atoms with van der Waals surface area (Å²) in [6.45, 7) is 0. The van der Waals surface area contributed by atoms with E-state index in [4.69, 9.17) is 4.55 Å². The average molecular weight is 235 g/mol. The number of hydrogen-bond acceptors (Lipinski definition) is 3. The number of hydrogen-bond donors (Lipinski definition) is 2. The van der Waals surface area contributed by atoms with Crippen LogP contribution in [-0.4, -0.2) is 30.5 Å². The molecule has 0 amide bonds. The smallest absolute Gasteiger partial charge is 1.00 e. The fourth-order valence-electron chi connectivity index (χ4n) is 1.23. The Morgan fingerprint density at radius 1 is 1.38 bits per heavy atom. The van der Waals surface area contributed by atoms with Crippen LogP contribution in [0.15, 0.2) is 0 Å². The van der Waals surface area contributed by atoms with Crippen molar-refractivity contribution in [1.82, 2.24) is 4.72 Å². The third-order valence-corrected chi connectivity index (χ3v) is 3.50. The summed E-state index contributed by atoms with van der Waals surface area (Å²) in [4.78, 5) is 0. The zero-order valence-corrected chi connectivity index (χ0v) is 11.3. The summed E-state index contributed by atoms with van der Waals surface area (Å²) in [5, 5.41) is 0. The van der Waals surface area contributed by atoms with Gasteiger partial charge < -0.3 is 1.43 Å². The van der Waals surface area contributed by atoms with E-state index in [9.17, 15) is 8.42 Å². The molecule has 4 nitrogen and oxygen atoms in total. The largest absolute Gasteiger partial charge is 1.00 e. The minimum atomic E-state index is -4.00. The van der Waals surface area contributed by atoms with E-state index in [1.165, 1.54) is 0 Å². The summed E-state index contributed by atoms with van der Waals surface area (Å²) in [7, 11) is -4.00. The molecule has 1 unspecified atom stereocenters. The van der Waals surface area contributed by atoms with Gasteiger partial charge >= 0.3 is 39.9 Å². The van der Waals surface area contributed by atoms with Gasteiger partial charge in [-0.25, -0.2) is 0 Å². The Kier molecular flexibility index (Phi) is 7.28. The molecule has 1 rings (SSSR count). The summed E-state index contributed by atoms with van der Waals surface area (Å²) in [6, 6.07) is -0.0741. The molecule has 1 aliphatic rings. The van der Waals surface area contributed by atoms with Gasteiger partial charge in [-0.05, 0) is 30.8 Å². The van der Waals surface area contributed by atoms with Crippen molar-refractivity contribution in [3.05, 3.63) is 0 Å². The summed E-state index contributed by atoms with van der Waals surface area (Å²) in [5.41, 5.74) is 0. The van der Waals surface area contributed by atoms with Crippen LogP contribution in [-0.2, 0) is 10.3 Å². The number of nitrogens with one attached hydrogen (secondary N) is 1. The Balaban J connectivity index is 0. The molecule has 1 aliphatic heterocycles. The van der Waals surface area contributed by atoms with Crippen LogP contribution in [0.1, 0.15) is 20.7 Å². The summed E-state index contributed by atoms with van der Waals surface area (Å²) >= 11 is 1.83. The van der Waals surface area contributed by atoms with Crippen LogP contribution in [0.5, 0.6) is 0 Å². The Labute approximate surface area is 107 Å². The second-order valence-corrected chi connectivity index (χ2v) is 5.24. The van der Waals surface area contributed by atoms with Gasteiger partial charge in [-0.15, -0.1) is 0 Å². The van der Waals surface area contributed by atoms with E-state index in [2.05, 4.69) is 4.72 Å². The van der Waals surface area contributed by atoms with Crippen LogP contribution in [0.3, 0.4) is 0 Å². The molecule has 0 radical (unpaired) electrons. The van der Waals surface area contributed by atoms with Gasteiger partial charge in [0.1, 0.15) is 0 Å². The Bertz CT molecular complexity index is 229. The number of thioether (sulfide) groups is 1. The van der Waals surface area contributed by atoms with Crippen LogP contribution < -0.4 is 34.3 Å². The molecule has 1 fully saturated rings. The van der Waals surface area contributed by atoms with E-state index >= 15 is 0 Å². The van der Waals surface area contributed by atoms with Crippen LogP contribution in [0.25, 0.3) is 0 Å². The quantitative estimate of drug-likeness (QED) is 0.420. The zero-order chi connectivity index (χ0) is 9.03. The summed E-state index contributed by atoms with van der Waals surface area (Å²) in [5.74, 6) is 2.05. The van der Waals surface area contributed by atoms with E-state index in [-0.39, 0.29) is 37.0 Å². The molecule has 0 spiro atoms. The standard InChI is InChI=1S/C6H13NO3S2.Na.H/c8-12(9,10)7-6-2-1-4-11-5-3-6;;/h6-7H,1-5H2,(H,8,9,10);;/q;+1;-1. The van der Waals surface area contributed by atoms with Crippen LogP contribution >= 0.6 is 11.8 Å². The van der Waals surface area contributed by atoms with Gasteiger partial charge in [-0.3, -0.25) is 4.55 Å². The molecule has 0 aromatic heterocycles. The van der Waals surface area contributed by atoms with Crippen molar-refractivity contribution in [2.45, 2.75) is 25.3 Å². The molecule has 0 aromatic rings. The van der Waals surface area contributed by atoms with Gasteiger partial charge in [0.15, 0.2) is 0 Å². The molecule has 0 aromatic carbocycles. The van der Waals surface area contributed by atoms with Gasteiger partial charge in [0.2, 0.25) is 0 Å². The van der Waals surface area contributed by atoms with Crippen LogP contribution in [0.2, 0.25) is 0 Å². The van der Waals surface area contributed by atoms with Crippen LogP contribution in [0, 0.1) is 0 Å². The summed E-state index contributed by atoms with van der Waals surface area (Å²) in [6.07, 6.45) is 2.65. The monoisotopic (exact) mass is 235 g/mol. The third-order valence-electron chi connectivity index (χ3n) is 1.77. The van der Waals surface area contributed by atoms with E-state index in [1.807, 2.05) is 11.8 Å². The van der Waals surface area contributed by atoms with Gasteiger partial charge in [-0.2, -0.15) is 24.9 Å². The molecule has 2 N–H and O–H groups in total. The third kappa shape index (κ3) is 7.18. The first kappa shape index (κ1) is 14.2. The van der Waals surface area contributed by atoms with Crippen molar-refractivity contribution in [3.8, 4) is 0 Å². The second-order valence-electron chi connectivity index (χ2n) is 2.83. The maximum absolute atomic E-state index is 10.4. The topological polar surface area (TPSA) is 66.4 Å². The first-order chi connectivity index (χ1) is 5.58. The predicted octanol–water partition coefficient (Wildman–Crippen LogP) is -2.22. The van der Waals surface area contributed by atoms with Crippen molar-refractivity contribution in [2.24, 2.45) is 0 Å². The zero-order valence-electron chi connectivity index (χ0n) is 8.69. The average Bonchev–Trinajstić information content (AvgIpc) is 2.12. The van der Waals surface area contributed by atoms with E-state index < -0.39 is 10.3 Å². The van der Waals surface area contributed by atoms with Gasteiger partial charge in [-0.1, -0.05) is 0 Å². The molecule has 1 atom stereocenters.